The van der Waals surface area contributed by atoms with Crippen LogP contribution in [0.3, 0.4) is 0 Å². The summed E-state index contributed by atoms with van der Waals surface area (Å²) in [5, 5.41) is 7.92. The number of carboxylic acids is 1. The molecule has 6 heteroatoms. The van der Waals surface area contributed by atoms with Gasteiger partial charge in [-0.15, -0.1) is 0 Å². The highest BCUT2D eigenvalue weighted by Crippen LogP contribution is 2.19. The first-order valence-electron chi connectivity index (χ1n) is 2.77. The summed E-state index contributed by atoms with van der Waals surface area (Å²) < 4.78 is 24.9. The Morgan fingerprint density at radius 3 is 2.58 bits per heavy atom. The Morgan fingerprint density at radius 1 is 1.58 bits per heavy atom. The molecule has 0 saturated heterocycles. The monoisotopic (exact) mass is 193 g/mol. The van der Waals surface area contributed by atoms with Crippen molar-refractivity contribution in [1.29, 1.82) is 0 Å². The lowest BCUT2D eigenvalue weighted by Crippen LogP contribution is -2.05. The van der Waals surface area contributed by atoms with Gasteiger partial charge in [0.2, 0.25) is 5.95 Å². The lowest BCUT2D eigenvalue weighted by atomic mass is 10.2. The fraction of sp³-hybridized carbons (Fsp3) is 0. The van der Waals surface area contributed by atoms with Gasteiger partial charge >= 0.3 is 5.97 Å². The summed E-state index contributed by atoms with van der Waals surface area (Å²) in [6.45, 7) is 0. The van der Waals surface area contributed by atoms with Crippen LogP contribution in [0.2, 0.25) is 5.02 Å². The number of aromatic carboxylic acids is 1. The maximum Gasteiger partial charge on any atom is 0.340 e. The molecule has 0 radical (unpaired) electrons. The summed E-state index contributed by atoms with van der Waals surface area (Å²) in [4.78, 5) is 13.2. The van der Waals surface area contributed by atoms with Gasteiger partial charge in [-0.3, -0.25) is 0 Å². The van der Waals surface area contributed by atoms with Crippen molar-refractivity contribution < 1.29 is 18.7 Å². The first kappa shape index (κ1) is 8.86. The lowest BCUT2D eigenvalue weighted by molar-refractivity contribution is 0.0690. The van der Waals surface area contributed by atoms with Crippen LogP contribution in [0.4, 0.5) is 8.78 Å². The van der Waals surface area contributed by atoms with E-state index < -0.39 is 28.3 Å². The Morgan fingerprint density at radius 2 is 2.17 bits per heavy atom. The SMILES string of the molecule is O=C(O)c1c(Cl)cnc(F)c1F. The van der Waals surface area contributed by atoms with Gasteiger partial charge < -0.3 is 5.11 Å². The van der Waals surface area contributed by atoms with Crippen molar-refractivity contribution in [3.63, 3.8) is 0 Å². The maximum atomic E-state index is 12.6. The molecule has 0 aliphatic carbocycles. The van der Waals surface area contributed by atoms with E-state index in [1.807, 2.05) is 0 Å². The fourth-order valence-corrected chi connectivity index (χ4v) is 0.851. The molecule has 12 heavy (non-hydrogen) atoms. The van der Waals surface area contributed by atoms with Crippen LogP contribution in [-0.2, 0) is 0 Å². The Kier molecular flexibility index (Phi) is 2.23. The molecule has 0 aliphatic heterocycles. The Hall–Kier alpha value is -1.23. The molecule has 1 N–H and O–H groups in total. The lowest BCUT2D eigenvalue weighted by Gasteiger charge is -1.99. The second-order valence-electron chi connectivity index (χ2n) is 1.89. The van der Waals surface area contributed by atoms with Crippen LogP contribution < -0.4 is 0 Å². The van der Waals surface area contributed by atoms with E-state index in [4.69, 9.17) is 16.7 Å². The molecule has 1 rings (SSSR count). The number of carbonyl (C=O) groups is 1. The van der Waals surface area contributed by atoms with Crippen LogP contribution in [0, 0.1) is 11.8 Å². The van der Waals surface area contributed by atoms with Crippen LogP contribution >= 0.6 is 11.6 Å². The van der Waals surface area contributed by atoms with E-state index >= 15 is 0 Å². The molecule has 0 bridgehead atoms. The van der Waals surface area contributed by atoms with Gasteiger partial charge in [0.25, 0.3) is 0 Å². The van der Waals surface area contributed by atoms with E-state index in [0.29, 0.717) is 0 Å². The third kappa shape index (κ3) is 1.35. The zero-order valence-corrected chi connectivity index (χ0v) is 6.27. The van der Waals surface area contributed by atoms with Crippen LogP contribution in [0.5, 0.6) is 0 Å². The topological polar surface area (TPSA) is 50.2 Å². The van der Waals surface area contributed by atoms with Crippen LogP contribution in [0.15, 0.2) is 6.20 Å². The average Bonchev–Trinajstić information content (AvgIpc) is 1.97. The van der Waals surface area contributed by atoms with E-state index in [-0.39, 0.29) is 0 Å². The molecular weight excluding hydrogens is 192 g/mol. The van der Waals surface area contributed by atoms with Gasteiger partial charge in [-0.2, -0.15) is 4.39 Å². The second kappa shape index (κ2) is 3.02. The fourth-order valence-electron chi connectivity index (χ4n) is 0.639. The van der Waals surface area contributed by atoms with Gasteiger partial charge in [0.05, 0.1) is 5.02 Å². The van der Waals surface area contributed by atoms with Crippen LogP contribution in [-0.4, -0.2) is 16.1 Å². The molecule has 0 aliphatic rings. The van der Waals surface area contributed by atoms with E-state index in [1.165, 1.54) is 0 Å². The summed E-state index contributed by atoms with van der Waals surface area (Å²) in [5.74, 6) is -4.65. The maximum absolute atomic E-state index is 12.6. The Bertz CT molecular complexity index is 343. The number of nitrogens with zero attached hydrogens (tertiary/aromatic N) is 1. The molecule has 3 nitrogen and oxygen atoms in total. The highest BCUT2D eigenvalue weighted by Gasteiger charge is 2.19. The van der Waals surface area contributed by atoms with Gasteiger partial charge in [0, 0.05) is 6.20 Å². The molecule has 64 valence electrons. The van der Waals surface area contributed by atoms with Crippen molar-refractivity contribution in [2.24, 2.45) is 0 Å². The van der Waals surface area contributed by atoms with Crippen LogP contribution in [0.1, 0.15) is 10.4 Å². The molecule has 1 heterocycles. The molecule has 0 atom stereocenters. The summed E-state index contributed by atoms with van der Waals surface area (Å²) in [5.41, 5.74) is -0.899. The van der Waals surface area contributed by atoms with Gasteiger partial charge in [0.15, 0.2) is 5.82 Å². The predicted molar refractivity (Wildman–Crippen MR) is 36.1 cm³/mol. The third-order valence-electron chi connectivity index (χ3n) is 1.14. The second-order valence-corrected chi connectivity index (χ2v) is 2.30. The number of halogens is 3. The highest BCUT2D eigenvalue weighted by molar-refractivity contribution is 6.33. The van der Waals surface area contributed by atoms with Crippen molar-refractivity contribution in [1.82, 2.24) is 4.98 Å². The Balaban J connectivity index is 3.43. The molecule has 0 fully saturated rings. The molecule has 0 amide bonds. The van der Waals surface area contributed by atoms with Gasteiger partial charge in [0.1, 0.15) is 5.56 Å². The molecule has 1 aromatic heterocycles. The zero-order valence-electron chi connectivity index (χ0n) is 5.51. The zero-order chi connectivity index (χ0) is 9.30. The quantitative estimate of drug-likeness (QED) is 0.691. The van der Waals surface area contributed by atoms with E-state index in [0.717, 1.165) is 6.20 Å². The molecule has 0 spiro atoms. The normalized spacial score (nSPS) is 9.92. The number of rotatable bonds is 1. The minimum Gasteiger partial charge on any atom is -0.478 e. The van der Waals surface area contributed by atoms with Crippen molar-refractivity contribution >= 4 is 17.6 Å². The molecule has 0 saturated carbocycles. The van der Waals surface area contributed by atoms with Crippen molar-refractivity contribution in [3.05, 3.63) is 28.5 Å². The summed E-state index contributed by atoms with van der Waals surface area (Å²) in [6.07, 6.45) is 0.740. The molecule has 1 aromatic rings. The number of pyridine rings is 1. The van der Waals surface area contributed by atoms with E-state index in [2.05, 4.69) is 4.98 Å². The largest absolute Gasteiger partial charge is 0.478 e. The van der Waals surface area contributed by atoms with Crippen molar-refractivity contribution in [2.75, 3.05) is 0 Å². The van der Waals surface area contributed by atoms with Gasteiger partial charge in [-0.1, -0.05) is 11.6 Å². The van der Waals surface area contributed by atoms with E-state index in [9.17, 15) is 13.6 Å². The summed E-state index contributed by atoms with van der Waals surface area (Å²) in [6, 6.07) is 0. The molecule has 0 aromatic carbocycles. The number of hydrogen-bond acceptors (Lipinski definition) is 2. The summed E-state index contributed by atoms with van der Waals surface area (Å²) >= 11 is 5.25. The van der Waals surface area contributed by atoms with Crippen molar-refractivity contribution in [2.45, 2.75) is 0 Å². The van der Waals surface area contributed by atoms with Crippen molar-refractivity contribution in [3.8, 4) is 0 Å². The Labute approximate surface area is 70.6 Å². The number of hydrogen-bond donors (Lipinski definition) is 1. The smallest absolute Gasteiger partial charge is 0.340 e. The highest BCUT2D eigenvalue weighted by atomic mass is 35.5. The first-order valence-corrected chi connectivity index (χ1v) is 3.14. The van der Waals surface area contributed by atoms with Crippen LogP contribution in [0.25, 0.3) is 0 Å². The first-order chi connectivity index (χ1) is 5.54. The van der Waals surface area contributed by atoms with E-state index in [1.54, 1.807) is 0 Å². The number of carboxylic acid groups (broad SMARTS) is 1. The predicted octanol–water partition coefficient (Wildman–Crippen LogP) is 1.71. The minimum absolute atomic E-state index is 0.429. The average molecular weight is 194 g/mol. The van der Waals surface area contributed by atoms with Gasteiger partial charge in [-0.05, 0) is 0 Å². The minimum atomic E-state index is -1.63. The summed E-state index contributed by atoms with van der Waals surface area (Å²) in [7, 11) is 0. The molecular formula is C6H2ClF2NO2. The number of aromatic nitrogens is 1. The molecule has 0 unspecified atom stereocenters. The standard InChI is InChI=1S/C6H2ClF2NO2/c7-2-1-10-5(9)4(8)3(2)6(11)12/h1H,(H,11,12). The third-order valence-corrected chi connectivity index (χ3v) is 1.43. The van der Waals surface area contributed by atoms with Gasteiger partial charge in [-0.25, -0.2) is 14.2 Å².